The summed E-state index contributed by atoms with van der Waals surface area (Å²) in [6.45, 7) is 2.79. The normalized spacial score (nSPS) is 19.6. The third-order valence-corrected chi connectivity index (χ3v) is 4.70. The highest BCUT2D eigenvalue weighted by molar-refractivity contribution is 5.41. The number of fused-ring (bicyclic) bond motifs is 2. The van der Waals surface area contributed by atoms with Crippen LogP contribution in [0.1, 0.15) is 35.2 Å². The zero-order chi connectivity index (χ0) is 14.1. The second-order valence-corrected chi connectivity index (χ2v) is 5.99. The van der Waals surface area contributed by atoms with Crippen LogP contribution in [0.3, 0.4) is 0 Å². The number of ether oxygens (including phenoxy) is 1. The average Bonchev–Trinajstić information content (AvgIpc) is 2.89. The van der Waals surface area contributed by atoms with Crippen LogP contribution in [-0.4, -0.2) is 18.1 Å². The van der Waals surface area contributed by atoms with E-state index >= 15 is 0 Å². The van der Waals surface area contributed by atoms with Crippen molar-refractivity contribution in [2.24, 2.45) is 0 Å². The number of piperidine rings is 1. The third kappa shape index (κ3) is 2.27. The minimum absolute atomic E-state index is 0.0983. The van der Waals surface area contributed by atoms with Gasteiger partial charge >= 0.3 is 0 Å². The highest BCUT2D eigenvalue weighted by Crippen LogP contribution is 2.44. The van der Waals surface area contributed by atoms with Gasteiger partial charge in [0.25, 0.3) is 0 Å². The molecule has 0 unspecified atom stereocenters. The molecule has 0 aliphatic carbocycles. The van der Waals surface area contributed by atoms with Crippen LogP contribution in [0.4, 0.5) is 0 Å². The molecule has 0 amide bonds. The number of nitrogens with one attached hydrogen (secondary N) is 1. The first kappa shape index (κ1) is 13.0. The van der Waals surface area contributed by atoms with Gasteiger partial charge in [-0.2, -0.15) is 0 Å². The summed E-state index contributed by atoms with van der Waals surface area (Å²) in [4.78, 5) is 4.69. The van der Waals surface area contributed by atoms with Crippen LogP contribution < -0.4 is 5.32 Å². The van der Waals surface area contributed by atoms with Crippen molar-refractivity contribution in [2.45, 2.75) is 31.5 Å². The maximum Gasteiger partial charge on any atom is 0.0981 e. The molecule has 3 heteroatoms. The summed E-state index contributed by atoms with van der Waals surface area (Å²) in [7, 11) is 0. The lowest BCUT2D eigenvalue weighted by Crippen LogP contribution is -2.40. The molecule has 0 bridgehead atoms. The Hall–Kier alpha value is -1.71. The van der Waals surface area contributed by atoms with Gasteiger partial charge in [0.15, 0.2) is 0 Å². The van der Waals surface area contributed by atoms with Gasteiger partial charge in [0.2, 0.25) is 0 Å². The number of nitrogens with zero attached hydrogens (tertiary/aromatic N) is 1. The number of hydrogen-bond acceptors (Lipinski definition) is 3. The summed E-state index contributed by atoms with van der Waals surface area (Å²) in [6, 6.07) is 12.7. The van der Waals surface area contributed by atoms with Gasteiger partial charge < -0.3 is 10.1 Å². The predicted molar refractivity (Wildman–Crippen MR) is 82.1 cm³/mol. The van der Waals surface area contributed by atoms with E-state index in [1.165, 1.54) is 22.4 Å². The summed E-state index contributed by atoms with van der Waals surface area (Å²) in [5, 5.41) is 3.44. The predicted octanol–water partition coefficient (Wildman–Crippen LogP) is 2.78. The van der Waals surface area contributed by atoms with Gasteiger partial charge in [0.05, 0.1) is 17.9 Å². The van der Waals surface area contributed by atoms with Crippen LogP contribution in [0, 0.1) is 0 Å². The zero-order valence-corrected chi connectivity index (χ0v) is 12.1. The van der Waals surface area contributed by atoms with E-state index in [0.29, 0.717) is 0 Å². The van der Waals surface area contributed by atoms with Gasteiger partial charge in [-0.15, -0.1) is 0 Å². The van der Waals surface area contributed by atoms with E-state index in [9.17, 15) is 0 Å². The third-order valence-electron chi connectivity index (χ3n) is 4.70. The molecule has 4 rings (SSSR count). The number of pyridine rings is 1. The number of rotatable bonds is 2. The topological polar surface area (TPSA) is 34.2 Å². The van der Waals surface area contributed by atoms with Gasteiger partial charge in [-0.25, -0.2) is 0 Å². The molecule has 108 valence electrons. The lowest BCUT2D eigenvalue weighted by Gasteiger charge is -2.34. The highest BCUT2D eigenvalue weighted by atomic mass is 16.5. The maximum absolute atomic E-state index is 6.25. The second kappa shape index (κ2) is 5.24. The Morgan fingerprint density at radius 3 is 2.71 bits per heavy atom. The molecule has 2 aliphatic rings. The Labute approximate surface area is 125 Å². The van der Waals surface area contributed by atoms with E-state index < -0.39 is 0 Å². The monoisotopic (exact) mass is 280 g/mol. The summed E-state index contributed by atoms with van der Waals surface area (Å²) < 4.78 is 6.25. The van der Waals surface area contributed by atoms with Crippen molar-refractivity contribution in [2.75, 3.05) is 13.1 Å². The van der Waals surface area contributed by atoms with Crippen molar-refractivity contribution in [1.82, 2.24) is 10.3 Å². The zero-order valence-electron chi connectivity index (χ0n) is 12.1. The molecule has 1 saturated heterocycles. The molecule has 1 aromatic carbocycles. The molecule has 1 N–H and O–H groups in total. The fraction of sp³-hybridized carbons (Fsp3) is 0.389. The average molecular weight is 280 g/mol. The molecular formula is C18H20N2O. The van der Waals surface area contributed by atoms with Crippen LogP contribution in [-0.2, 0) is 23.4 Å². The standard InChI is InChI=1S/C18H20N2O/c1-2-4-14(5-3-1)12-16-17-15(6-9-20-16)13-21-18(17)7-10-19-11-8-18/h1-6,9,19H,7-8,10-13H2. The summed E-state index contributed by atoms with van der Waals surface area (Å²) in [5.41, 5.74) is 5.11. The SMILES string of the molecule is c1ccc(Cc2nccc3c2C2(CCNCC2)OC3)cc1. The minimum Gasteiger partial charge on any atom is -0.365 e. The number of aromatic nitrogens is 1. The van der Waals surface area contributed by atoms with Crippen LogP contribution in [0.25, 0.3) is 0 Å². The van der Waals surface area contributed by atoms with Crippen LogP contribution in [0.2, 0.25) is 0 Å². The molecule has 3 nitrogen and oxygen atoms in total. The van der Waals surface area contributed by atoms with Crippen LogP contribution in [0.5, 0.6) is 0 Å². The number of hydrogen-bond donors (Lipinski definition) is 1. The molecule has 1 spiro atoms. The quantitative estimate of drug-likeness (QED) is 0.918. The molecule has 1 aromatic heterocycles. The largest absolute Gasteiger partial charge is 0.365 e. The molecule has 21 heavy (non-hydrogen) atoms. The van der Waals surface area contributed by atoms with Crippen molar-refractivity contribution in [1.29, 1.82) is 0 Å². The fourth-order valence-electron chi connectivity index (χ4n) is 3.66. The molecule has 2 aliphatic heterocycles. The van der Waals surface area contributed by atoms with Crippen molar-refractivity contribution < 1.29 is 4.74 Å². The summed E-state index contributed by atoms with van der Waals surface area (Å²) in [5.74, 6) is 0. The van der Waals surface area contributed by atoms with Crippen molar-refractivity contribution >= 4 is 0 Å². The summed E-state index contributed by atoms with van der Waals surface area (Å²) >= 11 is 0. The van der Waals surface area contributed by atoms with E-state index in [0.717, 1.165) is 39.0 Å². The molecule has 2 aromatic rings. The molecular weight excluding hydrogens is 260 g/mol. The Morgan fingerprint density at radius 1 is 1.10 bits per heavy atom. The fourth-order valence-corrected chi connectivity index (χ4v) is 3.66. The lowest BCUT2D eigenvalue weighted by atomic mass is 9.82. The van der Waals surface area contributed by atoms with E-state index in [1.54, 1.807) is 0 Å². The molecule has 3 heterocycles. The Kier molecular flexibility index (Phi) is 3.24. The van der Waals surface area contributed by atoms with Gasteiger partial charge in [0.1, 0.15) is 0 Å². The Balaban J connectivity index is 1.74. The van der Waals surface area contributed by atoms with Gasteiger partial charge in [-0.1, -0.05) is 30.3 Å². The molecule has 0 atom stereocenters. The van der Waals surface area contributed by atoms with Gasteiger partial charge in [-0.05, 0) is 43.1 Å². The molecule has 1 fully saturated rings. The van der Waals surface area contributed by atoms with E-state index in [1.807, 2.05) is 6.20 Å². The van der Waals surface area contributed by atoms with Crippen molar-refractivity contribution in [3.63, 3.8) is 0 Å². The highest BCUT2D eigenvalue weighted by Gasteiger charge is 2.42. The van der Waals surface area contributed by atoms with Crippen molar-refractivity contribution in [3.05, 3.63) is 65.0 Å². The molecule has 0 saturated carbocycles. The van der Waals surface area contributed by atoms with Gasteiger partial charge in [0, 0.05) is 18.2 Å². The second-order valence-electron chi connectivity index (χ2n) is 5.99. The van der Waals surface area contributed by atoms with E-state index in [-0.39, 0.29) is 5.60 Å². The van der Waals surface area contributed by atoms with Crippen LogP contribution in [0.15, 0.2) is 42.6 Å². The lowest BCUT2D eigenvalue weighted by molar-refractivity contribution is -0.0595. The van der Waals surface area contributed by atoms with Crippen molar-refractivity contribution in [3.8, 4) is 0 Å². The minimum atomic E-state index is -0.0983. The van der Waals surface area contributed by atoms with Gasteiger partial charge in [-0.3, -0.25) is 4.98 Å². The first-order valence-electron chi connectivity index (χ1n) is 7.73. The van der Waals surface area contributed by atoms with E-state index in [2.05, 4.69) is 41.7 Å². The first-order valence-corrected chi connectivity index (χ1v) is 7.73. The van der Waals surface area contributed by atoms with Crippen LogP contribution >= 0.6 is 0 Å². The Bertz CT molecular complexity index is 627. The first-order chi connectivity index (χ1) is 10.4. The Morgan fingerprint density at radius 2 is 1.90 bits per heavy atom. The van der Waals surface area contributed by atoms with E-state index in [4.69, 9.17) is 9.72 Å². The smallest absolute Gasteiger partial charge is 0.0981 e. The maximum atomic E-state index is 6.25. The summed E-state index contributed by atoms with van der Waals surface area (Å²) in [6.07, 6.45) is 4.92. The molecule has 0 radical (unpaired) electrons. The number of benzene rings is 1.